The van der Waals surface area contributed by atoms with Crippen molar-refractivity contribution in [2.24, 2.45) is 0 Å². The summed E-state index contributed by atoms with van der Waals surface area (Å²) in [5, 5.41) is 2.98. The maximum absolute atomic E-state index is 13.0. The molecule has 1 fully saturated rings. The number of rotatable bonds is 8. The van der Waals surface area contributed by atoms with Gasteiger partial charge in [-0.2, -0.15) is 0 Å². The predicted octanol–water partition coefficient (Wildman–Crippen LogP) is 5.09. The van der Waals surface area contributed by atoms with Crippen molar-refractivity contribution in [3.05, 3.63) is 87.3 Å². The van der Waals surface area contributed by atoms with Crippen LogP contribution in [0.25, 0.3) is 11.1 Å². The van der Waals surface area contributed by atoms with Gasteiger partial charge < -0.3 is 10.2 Å². The van der Waals surface area contributed by atoms with Crippen LogP contribution in [0.1, 0.15) is 45.5 Å². The van der Waals surface area contributed by atoms with E-state index in [0.29, 0.717) is 24.7 Å². The first-order valence-electron chi connectivity index (χ1n) is 10.9. The van der Waals surface area contributed by atoms with E-state index in [1.54, 1.807) is 12.4 Å². The molecule has 32 heavy (non-hydrogen) atoms. The zero-order valence-corrected chi connectivity index (χ0v) is 20.2. The topological polar surface area (TPSA) is 62.3 Å². The molecule has 1 aromatic heterocycles. The summed E-state index contributed by atoms with van der Waals surface area (Å²) in [4.78, 5) is 31.5. The standard InChI is InChI=1S/C26H26IN3O2/c1-18-17-22(7-10-24(18)27)26(32)30(23-8-9-23)16-2-13-29-25(31)21-5-3-19(4-6-21)20-11-14-28-15-12-20/h3-7,10-12,14-15,17,23H,2,8-9,13,16H2,1H3,(H,29,31). The van der Waals surface area contributed by atoms with Gasteiger partial charge in [-0.3, -0.25) is 14.6 Å². The fourth-order valence-corrected chi connectivity index (χ4v) is 4.03. The first kappa shape index (κ1) is 22.5. The van der Waals surface area contributed by atoms with E-state index in [9.17, 15) is 9.59 Å². The second-order valence-electron chi connectivity index (χ2n) is 8.12. The zero-order chi connectivity index (χ0) is 22.5. The number of hydrogen-bond acceptors (Lipinski definition) is 3. The molecule has 4 rings (SSSR count). The summed E-state index contributed by atoms with van der Waals surface area (Å²) in [6.07, 6.45) is 6.36. The molecule has 0 atom stereocenters. The number of aromatic nitrogens is 1. The van der Waals surface area contributed by atoms with E-state index in [4.69, 9.17) is 0 Å². The average molecular weight is 539 g/mol. The van der Waals surface area contributed by atoms with Gasteiger partial charge in [0.25, 0.3) is 11.8 Å². The maximum Gasteiger partial charge on any atom is 0.254 e. The van der Waals surface area contributed by atoms with Crippen LogP contribution in [0.15, 0.2) is 67.0 Å². The minimum atomic E-state index is -0.0937. The SMILES string of the molecule is Cc1cc(C(=O)N(CCCNC(=O)c2ccc(-c3ccncc3)cc2)C2CC2)ccc1I. The van der Waals surface area contributed by atoms with Crippen molar-refractivity contribution in [2.75, 3.05) is 13.1 Å². The van der Waals surface area contributed by atoms with Gasteiger partial charge in [0.1, 0.15) is 0 Å². The van der Waals surface area contributed by atoms with Crippen molar-refractivity contribution in [1.29, 1.82) is 0 Å². The smallest absolute Gasteiger partial charge is 0.254 e. The van der Waals surface area contributed by atoms with Gasteiger partial charge >= 0.3 is 0 Å². The average Bonchev–Trinajstić information content (AvgIpc) is 3.66. The van der Waals surface area contributed by atoms with Gasteiger partial charge in [0.15, 0.2) is 0 Å². The van der Waals surface area contributed by atoms with Crippen molar-refractivity contribution in [3.8, 4) is 11.1 Å². The van der Waals surface area contributed by atoms with Crippen LogP contribution in [0.3, 0.4) is 0 Å². The Labute approximate surface area is 202 Å². The molecule has 0 spiro atoms. The number of nitrogens with zero attached hydrogens (tertiary/aromatic N) is 2. The van der Waals surface area contributed by atoms with Crippen LogP contribution in [0, 0.1) is 10.5 Å². The molecular formula is C26H26IN3O2. The summed E-state index contributed by atoms with van der Waals surface area (Å²) in [5.41, 5.74) is 4.61. The summed E-state index contributed by atoms with van der Waals surface area (Å²) in [6, 6.07) is 17.7. The molecule has 164 valence electrons. The van der Waals surface area contributed by atoms with E-state index < -0.39 is 0 Å². The molecule has 3 aromatic rings. The Morgan fingerprint density at radius 1 is 1.00 bits per heavy atom. The van der Waals surface area contributed by atoms with Gasteiger partial charge in [0.05, 0.1) is 0 Å². The number of benzene rings is 2. The lowest BCUT2D eigenvalue weighted by Crippen LogP contribution is -2.36. The van der Waals surface area contributed by atoms with E-state index in [0.717, 1.165) is 45.1 Å². The van der Waals surface area contributed by atoms with E-state index in [1.165, 1.54) is 0 Å². The first-order valence-corrected chi connectivity index (χ1v) is 12.0. The summed E-state index contributed by atoms with van der Waals surface area (Å²) >= 11 is 2.28. The van der Waals surface area contributed by atoms with E-state index in [1.807, 2.05) is 66.4 Å². The molecule has 1 aliphatic carbocycles. The minimum absolute atomic E-state index is 0.0880. The van der Waals surface area contributed by atoms with Gasteiger partial charge in [-0.1, -0.05) is 12.1 Å². The highest BCUT2D eigenvalue weighted by Gasteiger charge is 2.32. The predicted molar refractivity (Wildman–Crippen MR) is 135 cm³/mol. The van der Waals surface area contributed by atoms with E-state index >= 15 is 0 Å². The van der Waals surface area contributed by atoms with Crippen LogP contribution in [0.4, 0.5) is 0 Å². The molecular weight excluding hydrogens is 513 g/mol. The van der Waals surface area contributed by atoms with Gasteiger partial charge in [0, 0.05) is 46.2 Å². The van der Waals surface area contributed by atoms with Crippen LogP contribution >= 0.6 is 22.6 Å². The van der Waals surface area contributed by atoms with Crippen LogP contribution in [0.5, 0.6) is 0 Å². The Bertz CT molecular complexity index is 1100. The molecule has 2 amide bonds. The summed E-state index contributed by atoms with van der Waals surface area (Å²) in [6.45, 7) is 3.21. The third-order valence-electron chi connectivity index (χ3n) is 5.68. The number of halogens is 1. The van der Waals surface area contributed by atoms with Crippen LogP contribution in [0.2, 0.25) is 0 Å². The molecule has 5 nitrogen and oxygen atoms in total. The number of hydrogen-bond donors (Lipinski definition) is 1. The molecule has 6 heteroatoms. The molecule has 0 saturated heterocycles. The van der Waals surface area contributed by atoms with E-state index in [2.05, 4.69) is 32.9 Å². The number of carbonyl (C=O) groups is 2. The summed E-state index contributed by atoms with van der Waals surface area (Å²) < 4.78 is 1.16. The van der Waals surface area contributed by atoms with E-state index in [-0.39, 0.29) is 11.8 Å². The number of amides is 2. The fraction of sp³-hybridized carbons (Fsp3) is 0.269. The van der Waals surface area contributed by atoms with Gasteiger partial charge in [-0.05, 0) is 108 Å². The second-order valence-corrected chi connectivity index (χ2v) is 9.28. The Hall–Kier alpha value is -2.74. The molecule has 0 radical (unpaired) electrons. The summed E-state index contributed by atoms with van der Waals surface area (Å²) in [7, 11) is 0. The Kier molecular flexibility index (Phi) is 7.19. The molecule has 1 heterocycles. The van der Waals surface area contributed by atoms with Crippen LogP contribution in [-0.4, -0.2) is 40.8 Å². The van der Waals surface area contributed by atoms with Gasteiger partial charge in [-0.25, -0.2) is 0 Å². The number of carbonyl (C=O) groups excluding carboxylic acids is 2. The monoisotopic (exact) mass is 539 g/mol. The van der Waals surface area contributed by atoms with Crippen molar-refractivity contribution in [2.45, 2.75) is 32.2 Å². The van der Waals surface area contributed by atoms with Crippen molar-refractivity contribution < 1.29 is 9.59 Å². The maximum atomic E-state index is 13.0. The van der Waals surface area contributed by atoms with Crippen molar-refractivity contribution >= 4 is 34.4 Å². The normalized spacial score (nSPS) is 12.9. The lowest BCUT2D eigenvalue weighted by molar-refractivity contribution is 0.0741. The van der Waals surface area contributed by atoms with Gasteiger partial charge in [-0.15, -0.1) is 0 Å². The molecule has 2 aromatic carbocycles. The molecule has 1 saturated carbocycles. The number of aryl methyl sites for hydroxylation is 1. The number of pyridine rings is 1. The minimum Gasteiger partial charge on any atom is -0.352 e. The highest BCUT2D eigenvalue weighted by molar-refractivity contribution is 14.1. The highest BCUT2D eigenvalue weighted by atomic mass is 127. The largest absolute Gasteiger partial charge is 0.352 e. The lowest BCUT2D eigenvalue weighted by Gasteiger charge is -2.23. The fourth-order valence-electron chi connectivity index (χ4n) is 3.69. The molecule has 0 aliphatic heterocycles. The summed E-state index contributed by atoms with van der Waals surface area (Å²) in [5.74, 6) is -0.00568. The second kappa shape index (κ2) is 10.3. The third-order valence-corrected chi connectivity index (χ3v) is 6.89. The van der Waals surface area contributed by atoms with Crippen molar-refractivity contribution in [1.82, 2.24) is 15.2 Å². The molecule has 1 N–H and O–H groups in total. The molecule has 0 unspecified atom stereocenters. The first-order chi connectivity index (χ1) is 15.5. The Morgan fingerprint density at radius 2 is 1.66 bits per heavy atom. The lowest BCUT2D eigenvalue weighted by atomic mass is 10.0. The third kappa shape index (κ3) is 5.54. The van der Waals surface area contributed by atoms with Crippen molar-refractivity contribution in [3.63, 3.8) is 0 Å². The van der Waals surface area contributed by atoms with Crippen LogP contribution in [-0.2, 0) is 0 Å². The highest BCUT2D eigenvalue weighted by Crippen LogP contribution is 2.29. The Balaban J connectivity index is 1.29. The quantitative estimate of drug-likeness (QED) is 0.321. The number of nitrogens with one attached hydrogen (secondary N) is 1. The van der Waals surface area contributed by atoms with Gasteiger partial charge in [0.2, 0.25) is 0 Å². The molecule has 0 bridgehead atoms. The van der Waals surface area contributed by atoms with Crippen LogP contribution < -0.4 is 5.32 Å². The molecule has 1 aliphatic rings. The Morgan fingerprint density at radius 3 is 2.31 bits per heavy atom. The zero-order valence-electron chi connectivity index (χ0n) is 18.1.